The Balaban J connectivity index is 1.51. The summed E-state index contributed by atoms with van der Waals surface area (Å²) >= 11 is 0. The molecule has 3 aliphatic heterocycles. The summed E-state index contributed by atoms with van der Waals surface area (Å²) in [6.45, 7) is 8.27. The molecule has 0 aliphatic carbocycles. The molecule has 0 aromatic heterocycles. The minimum atomic E-state index is 0.609. The molecule has 3 fully saturated rings. The maximum absolute atomic E-state index is 5.55. The van der Waals surface area contributed by atoms with Crippen LogP contribution in [-0.2, 0) is 4.74 Å². The van der Waals surface area contributed by atoms with Crippen molar-refractivity contribution in [2.24, 2.45) is 5.92 Å². The summed E-state index contributed by atoms with van der Waals surface area (Å²) in [5, 5.41) is 3.53. The minimum absolute atomic E-state index is 0.609. The maximum Gasteiger partial charge on any atom is 0.0510 e. The van der Waals surface area contributed by atoms with Gasteiger partial charge < -0.3 is 10.1 Å². The highest BCUT2D eigenvalue weighted by Gasteiger charge is 2.32. The first-order valence-corrected chi connectivity index (χ1v) is 8.08. The van der Waals surface area contributed by atoms with Crippen molar-refractivity contribution in [2.75, 3.05) is 53.0 Å². The molecule has 110 valence electrons. The van der Waals surface area contributed by atoms with Gasteiger partial charge in [0.2, 0.25) is 0 Å². The SMILES string of the molecule is CNC(CN1CCN2CCCCC2C1)C1CCOC1. The first-order valence-electron chi connectivity index (χ1n) is 8.08. The summed E-state index contributed by atoms with van der Waals surface area (Å²) in [7, 11) is 2.11. The molecule has 3 aliphatic rings. The van der Waals surface area contributed by atoms with Gasteiger partial charge in [-0.3, -0.25) is 9.80 Å². The van der Waals surface area contributed by atoms with E-state index in [1.54, 1.807) is 0 Å². The molecular formula is C15H29N3O. The Bertz CT molecular complexity index is 281. The number of rotatable bonds is 4. The van der Waals surface area contributed by atoms with Gasteiger partial charge in [-0.2, -0.15) is 0 Å². The van der Waals surface area contributed by atoms with E-state index in [1.165, 1.54) is 58.4 Å². The van der Waals surface area contributed by atoms with Gasteiger partial charge in [-0.05, 0) is 32.9 Å². The summed E-state index contributed by atoms with van der Waals surface area (Å²) in [6.07, 6.45) is 5.48. The van der Waals surface area contributed by atoms with Crippen molar-refractivity contribution in [1.29, 1.82) is 0 Å². The van der Waals surface area contributed by atoms with Gasteiger partial charge in [0.1, 0.15) is 0 Å². The summed E-state index contributed by atoms with van der Waals surface area (Å²) < 4.78 is 5.55. The highest BCUT2D eigenvalue weighted by atomic mass is 16.5. The Kier molecular flexibility index (Phi) is 4.74. The van der Waals surface area contributed by atoms with Crippen molar-refractivity contribution in [3.63, 3.8) is 0 Å². The molecule has 4 nitrogen and oxygen atoms in total. The van der Waals surface area contributed by atoms with Gasteiger partial charge in [-0.1, -0.05) is 6.42 Å². The third-order valence-electron chi connectivity index (χ3n) is 5.28. The molecule has 0 saturated carbocycles. The molecule has 1 N–H and O–H groups in total. The van der Waals surface area contributed by atoms with Crippen molar-refractivity contribution >= 4 is 0 Å². The zero-order valence-electron chi connectivity index (χ0n) is 12.3. The van der Waals surface area contributed by atoms with Crippen LogP contribution in [0, 0.1) is 5.92 Å². The number of piperazine rings is 1. The van der Waals surface area contributed by atoms with Crippen LogP contribution in [0.1, 0.15) is 25.7 Å². The van der Waals surface area contributed by atoms with Crippen LogP contribution in [0.15, 0.2) is 0 Å². The quantitative estimate of drug-likeness (QED) is 0.815. The lowest BCUT2D eigenvalue weighted by Gasteiger charge is -2.45. The number of nitrogens with zero attached hydrogens (tertiary/aromatic N) is 2. The molecule has 3 atom stereocenters. The zero-order valence-corrected chi connectivity index (χ0v) is 12.3. The minimum Gasteiger partial charge on any atom is -0.381 e. The first kappa shape index (κ1) is 13.8. The van der Waals surface area contributed by atoms with Crippen molar-refractivity contribution < 1.29 is 4.74 Å². The normalized spacial score (nSPS) is 35.2. The Morgan fingerprint density at radius 2 is 2.16 bits per heavy atom. The molecular weight excluding hydrogens is 238 g/mol. The molecule has 4 heteroatoms. The van der Waals surface area contributed by atoms with E-state index in [0.717, 1.165) is 25.2 Å². The first-order chi connectivity index (χ1) is 9.36. The predicted molar refractivity (Wildman–Crippen MR) is 77.4 cm³/mol. The van der Waals surface area contributed by atoms with Gasteiger partial charge >= 0.3 is 0 Å². The fourth-order valence-electron chi connectivity index (χ4n) is 4.01. The van der Waals surface area contributed by atoms with E-state index in [2.05, 4.69) is 22.2 Å². The molecule has 0 radical (unpaired) electrons. The predicted octanol–water partition coefficient (Wildman–Crippen LogP) is 0.781. The highest BCUT2D eigenvalue weighted by Crippen LogP contribution is 2.23. The molecule has 0 aromatic rings. The fourth-order valence-corrected chi connectivity index (χ4v) is 4.01. The van der Waals surface area contributed by atoms with Crippen molar-refractivity contribution in [3.05, 3.63) is 0 Å². The van der Waals surface area contributed by atoms with Crippen molar-refractivity contribution in [1.82, 2.24) is 15.1 Å². The number of hydrogen-bond acceptors (Lipinski definition) is 4. The van der Waals surface area contributed by atoms with Crippen LogP contribution in [0.2, 0.25) is 0 Å². The van der Waals surface area contributed by atoms with Crippen LogP contribution in [0.25, 0.3) is 0 Å². The third kappa shape index (κ3) is 3.30. The average molecular weight is 267 g/mol. The lowest BCUT2D eigenvalue weighted by Crippen LogP contribution is -2.57. The van der Waals surface area contributed by atoms with Crippen LogP contribution < -0.4 is 5.32 Å². The molecule has 0 spiro atoms. The van der Waals surface area contributed by atoms with Crippen LogP contribution in [0.4, 0.5) is 0 Å². The molecule has 19 heavy (non-hydrogen) atoms. The number of fused-ring (bicyclic) bond motifs is 1. The van der Waals surface area contributed by atoms with Gasteiger partial charge in [0, 0.05) is 50.8 Å². The van der Waals surface area contributed by atoms with Crippen molar-refractivity contribution in [3.8, 4) is 0 Å². The number of hydrogen-bond donors (Lipinski definition) is 1. The maximum atomic E-state index is 5.55. The summed E-state index contributed by atoms with van der Waals surface area (Å²) in [6, 6.07) is 1.44. The Morgan fingerprint density at radius 1 is 1.21 bits per heavy atom. The topological polar surface area (TPSA) is 27.7 Å². The van der Waals surface area contributed by atoms with E-state index >= 15 is 0 Å². The van der Waals surface area contributed by atoms with E-state index in [9.17, 15) is 0 Å². The van der Waals surface area contributed by atoms with Crippen molar-refractivity contribution in [2.45, 2.75) is 37.8 Å². The fraction of sp³-hybridized carbons (Fsp3) is 1.00. The second-order valence-electron chi connectivity index (χ2n) is 6.46. The summed E-state index contributed by atoms with van der Waals surface area (Å²) in [4.78, 5) is 5.40. The molecule has 3 unspecified atom stereocenters. The van der Waals surface area contributed by atoms with Gasteiger partial charge in [0.05, 0.1) is 6.61 Å². The van der Waals surface area contributed by atoms with Gasteiger partial charge in [0.15, 0.2) is 0 Å². The number of ether oxygens (including phenoxy) is 1. The number of nitrogens with one attached hydrogen (secondary N) is 1. The monoisotopic (exact) mass is 267 g/mol. The van der Waals surface area contributed by atoms with E-state index in [4.69, 9.17) is 4.74 Å². The van der Waals surface area contributed by atoms with Gasteiger partial charge in [-0.15, -0.1) is 0 Å². The lowest BCUT2D eigenvalue weighted by atomic mass is 9.96. The summed E-state index contributed by atoms with van der Waals surface area (Å²) in [5.74, 6) is 0.717. The van der Waals surface area contributed by atoms with Crippen LogP contribution >= 0.6 is 0 Å². The van der Waals surface area contributed by atoms with E-state index < -0.39 is 0 Å². The Labute approximate surface area is 117 Å². The number of piperidine rings is 1. The molecule has 0 amide bonds. The second kappa shape index (κ2) is 6.53. The van der Waals surface area contributed by atoms with Crippen LogP contribution in [-0.4, -0.2) is 74.9 Å². The molecule has 3 saturated heterocycles. The molecule has 0 aromatic carbocycles. The molecule has 3 heterocycles. The smallest absolute Gasteiger partial charge is 0.0510 e. The average Bonchev–Trinajstić information content (AvgIpc) is 2.98. The standard InChI is InChI=1S/C15H29N3O/c1-16-15(13-5-9-19-12-13)11-17-7-8-18-6-3-2-4-14(18)10-17/h13-16H,2-12H2,1H3. The van der Waals surface area contributed by atoms with E-state index in [1.807, 2.05) is 0 Å². The van der Waals surface area contributed by atoms with Gasteiger partial charge in [-0.25, -0.2) is 0 Å². The molecule has 3 rings (SSSR count). The Morgan fingerprint density at radius 3 is 2.95 bits per heavy atom. The van der Waals surface area contributed by atoms with Crippen LogP contribution in [0.3, 0.4) is 0 Å². The third-order valence-corrected chi connectivity index (χ3v) is 5.28. The molecule has 0 bridgehead atoms. The number of likely N-dealkylation sites (N-methyl/N-ethyl adjacent to an activating group) is 1. The summed E-state index contributed by atoms with van der Waals surface area (Å²) in [5.41, 5.74) is 0. The highest BCUT2D eigenvalue weighted by molar-refractivity contribution is 4.88. The van der Waals surface area contributed by atoms with Crippen LogP contribution in [0.5, 0.6) is 0 Å². The van der Waals surface area contributed by atoms with E-state index in [0.29, 0.717) is 6.04 Å². The Hall–Kier alpha value is -0.160. The second-order valence-corrected chi connectivity index (χ2v) is 6.46. The van der Waals surface area contributed by atoms with E-state index in [-0.39, 0.29) is 0 Å². The zero-order chi connectivity index (χ0) is 13.1. The largest absolute Gasteiger partial charge is 0.381 e. The lowest BCUT2D eigenvalue weighted by molar-refractivity contribution is 0.0408. The van der Waals surface area contributed by atoms with Gasteiger partial charge in [0.25, 0.3) is 0 Å².